The van der Waals surface area contributed by atoms with Crippen molar-refractivity contribution >= 4 is 15.7 Å². The first kappa shape index (κ1) is 14.4. The molecular weight excluding hydrogens is 280 g/mol. The van der Waals surface area contributed by atoms with E-state index in [0.717, 1.165) is 9.99 Å². The second kappa shape index (κ2) is 5.56. The Balaban J connectivity index is 2.05. The highest BCUT2D eigenvalue weighted by Gasteiger charge is 2.21. The maximum Gasteiger partial charge on any atom is 0.275 e. The average Bonchev–Trinajstić information content (AvgIpc) is 2.87. The van der Waals surface area contributed by atoms with Gasteiger partial charge in [0.15, 0.2) is 0 Å². The summed E-state index contributed by atoms with van der Waals surface area (Å²) in [5.74, 6) is 0.700. The van der Waals surface area contributed by atoms with Crippen molar-refractivity contribution in [1.82, 2.24) is 4.31 Å². The zero-order valence-corrected chi connectivity index (χ0v) is 12.0. The van der Waals surface area contributed by atoms with Crippen LogP contribution >= 0.6 is 0 Å². The lowest BCUT2D eigenvalue weighted by Gasteiger charge is -2.08. The SMILES string of the molecule is CN(C)S(=O)(=O)c1ccc(CNc2ccc(O)cc2)o1. The normalized spacial score (nSPS) is 11.8. The smallest absolute Gasteiger partial charge is 0.275 e. The largest absolute Gasteiger partial charge is 0.508 e. The molecule has 0 saturated carbocycles. The van der Waals surface area contributed by atoms with Gasteiger partial charge in [-0.25, -0.2) is 12.7 Å². The third-order valence-electron chi connectivity index (χ3n) is 2.71. The summed E-state index contributed by atoms with van der Waals surface area (Å²) >= 11 is 0. The highest BCUT2D eigenvalue weighted by atomic mass is 32.2. The third-order valence-corrected chi connectivity index (χ3v) is 4.40. The Labute approximate surface area is 117 Å². The molecule has 0 spiro atoms. The van der Waals surface area contributed by atoms with Crippen molar-refractivity contribution in [3.05, 3.63) is 42.2 Å². The number of hydrogen-bond donors (Lipinski definition) is 2. The van der Waals surface area contributed by atoms with Crippen LogP contribution in [-0.2, 0) is 16.6 Å². The number of sulfonamides is 1. The van der Waals surface area contributed by atoms with E-state index < -0.39 is 10.0 Å². The molecule has 0 amide bonds. The minimum absolute atomic E-state index is 0.0787. The van der Waals surface area contributed by atoms with E-state index in [9.17, 15) is 8.42 Å². The first-order valence-electron chi connectivity index (χ1n) is 5.94. The number of hydrogen-bond acceptors (Lipinski definition) is 5. The highest BCUT2D eigenvalue weighted by molar-refractivity contribution is 7.88. The fourth-order valence-electron chi connectivity index (χ4n) is 1.54. The Morgan fingerprint density at radius 1 is 1.15 bits per heavy atom. The van der Waals surface area contributed by atoms with Crippen LogP contribution in [0.2, 0.25) is 0 Å². The van der Waals surface area contributed by atoms with Crippen LogP contribution in [0.4, 0.5) is 5.69 Å². The summed E-state index contributed by atoms with van der Waals surface area (Å²) in [6.45, 7) is 0.355. The highest BCUT2D eigenvalue weighted by Crippen LogP contribution is 2.19. The van der Waals surface area contributed by atoms with E-state index in [1.165, 1.54) is 20.2 Å². The van der Waals surface area contributed by atoms with E-state index in [4.69, 9.17) is 9.52 Å². The Bertz CT molecular complexity index is 675. The van der Waals surface area contributed by atoms with Gasteiger partial charge in [-0.15, -0.1) is 0 Å². The van der Waals surface area contributed by atoms with Gasteiger partial charge in [-0.05, 0) is 36.4 Å². The summed E-state index contributed by atoms with van der Waals surface area (Å²) in [5, 5.41) is 12.2. The monoisotopic (exact) mass is 296 g/mol. The number of aromatic hydroxyl groups is 1. The molecule has 2 N–H and O–H groups in total. The summed E-state index contributed by atoms with van der Waals surface area (Å²) in [4.78, 5) is 0. The van der Waals surface area contributed by atoms with E-state index in [-0.39, 0.29) is 10.8 Å². The lowest BCUT2D eigenvalue weighted by Crippen LogP contribution is -2.21. The summed E-state index contributed by atoms with van der Waals surface area (Å²) in [7, 11) is -0.638. The number of phenols is 1. The van der Waals surface area contributed by atoms with Crippen LogP contribution in [0.25, 0.3) is 0 Å². The van der Waals surface area contributed by atoms with Gasteiger partial charge in [0.05, 0.1) is 6.54 Å². The number of nitrogens with zero attached hydrogens (tertiary/aromatic N) is 1. The molecule has 0 aliphatic heterocycles. The lowest BCUT2D eigenvalue weighted by atomic mass is 10.3. The third kappa shape index (κ3) is 3.12. The first-order chi connectivity index (χ1) is 9.39. The fourth-order valence-corrected chi connectivity index (χ4v) is 2.35. The van der Waals surface area contributed by atoms with Crippen LogP contribution < -0.4 is 5.32 Å². The van der Waals surface area contributed by atoms with E-state index in [0.29, 0.717) is 12.3 Å². The summed E-state index contributed by atoms with van der Waals surface area (Å²) in [5.41, 5.74) is 0.802. The Kier molecular flexibility index (Phi) is 4.01. The molecule has 20 heavy (non-hydrogen) atoms. The maximum atomic E-state index is 11.8. The van der Waals surface area contributed by atoms with Crippen molar-refractivity contribution in [2.75, 3.05) is 19.4 Å². The molecule has 0 aliphatic rings. The lowest BCUT2D eigenvalue weighted by molar-refractivity contribution is 0.402. The van der Waals surface area contributed by atoms with Gasteiger partial charge in [-0.3, -0.25) is 0 Å². The molecule has 0 unspecified atom stereocenters. The number of anilines is 1. The molecule has 0 aliphatic carbocycles. The van der Waals surface area contributed by atoms with Crippen molar-refractivity contribution < 1.29 is 17.9 Å². The minimum atomic E-state index is -3.54. The number of furan rings is 1. The van der Waals surface area contributed by atoms with E-state index in [1.54, 1.807) is 30.3 Å². The number of nitrogens with one attached hydrogen (secondary N) is 1. The van der Waals surface area contributed by atoms with Crippen LogP contribution in [0.1, 0.15) is 5.76 Å². The maximum absolute atomic E-state index is 11.8. The number of benzene rings is 1. The fraction of sp³-hybridized carbons (Fsp3) is 0.231. The second-order valence-electron chi connectivity index (χ2n) is 4.41. The van der Waals surface area contributed by atoms with Crippen molar-refractivity contribution in [1.29, 1.82) is 0 Å². The van der Waals surface area contributed by atoms with Crippen LogP contribution in [0, 0.1) is 0 Å². The van der Waals surface area contributed by atoms with Crippen molar-refractivity contribution in [2.45, 2.75) is 11.6 Å². The van der Waals surface area contributed by atoms with Crippen molar-refractivity contribution in [3.8, 4) is 5.75 Å². The summed E-state index contributed by atoms with van der Waals surface area (Å²) < 4.78 is 30.1. The minimum Gasteiger partial charge on any atom is -0.508 e. The predicted octanol–water partition coefficient (Wildman–Crippen LogP) is 1.85. The molecule has 7 heteroatoms. The Hall–Kier alpha value is -1.99. The standard InChI is InChI=1S/C13H16N2O4S/c1-15(2)20(17,18)13-8-7-12(19-13)9-14-10-3-5-11(16)6-4-10/h3-8,14,16H,9H2,1-2H3. The molecule has 6 nitrogen and oxygen atoms in total. The van der Waals surface area contributed by atoms with Gasteiger partial charge < -0.3 is 14.8 Å². The second-order valence-corrected chi connectivity index (χ2v) is 6.49. The summed E-state index contributed by atoms with van der Waals surface area (Å²) in [6.07, 6.45) is 0. The van der Waals surface area contributed by atoms with Gasteiger partial charge in [0.2, 0.25) is 5.09 Å². The van der Waals surface area contributed by atoms with Crippen LogP contribution in [0.15, 0.2) is 45.9 Å². The molecule has 2 rings (SSSR count). The molecule has 0 atom stereocenters. The quantitative estimate of drug-likeness (QED) is 0.823. The van der Waals surface area contributed by atoms with E-state index in [2.05, 4.69) is 5.32 Å². The topological polar surface area (TPSA) is 82.8 Å². The van der Waals surface area contributed by atoms with E-state index >= 15 is 0 Å². The van der Waals surface area contributed by atoms with Gasteiger partial charge in [0, 0.05) is 19.8 Å². The molecule has 2 aromatic rings. The van der Waals surface area contributed by atoms with Gasteiger partial charge >= 0.3 is 0 Å². The van der Waals surface area contributed by atoms with Crippen molar-refractivity contribution in [2.24, 2.45) is 0 Å². The zero-order valence-electron chi connectivity index (χ0n) is 11.2. The molecular formula is C13H16N2O4S. The predicted molar refractivity (Wildman–Crippen MR) is 75.0 cm³/mol. The van der Waals surface area contributed by atoms with Gasteiger partial charge in [-0.1, -0.05) is 0 Å². The molecule has 1 aromatic carbocycles. The Morgan fingerprint density at radius 3 is 2.40 bits per heavy atom. The van der Waals surface area contributed by atoms with Crippen LogP contribution in [0.3, 0.4) is 0 Å². The molecule has 1 aromatic heterocycles. The van der Waals surface area contributed by atoms with Gasteiger partial charge in [0.1, 0.15) is 11.5 Å². The zero-order chi connectivity index (χ0) is 14.8. The molecule has 1 heterocycles. The van der Waals surface area contributed by atoms with Gasteiger partial charge in [-0.2, -0.15) is 0 Å². The van der Waals surface area contributed by atoms with Gasteiger partial charge in [0.25, 0.3) is 10.0 Å². The molecule has 0 fully saturated rings. The average molecular weight is 296 g/mol. The number of rotatable bonds is 5. The van der Waals surface area contributed by atoms with E-state index in [1.807, 2.05) is 0 Å². The van der Waals surface area contributed by atoms with Crippen LogP contribution in [0.5, 0.6) is 5.75 Å². The summed E-state index contributed by atoms with van der Waals surface area (Å²) in [6, 6.07) is 9.61. The first-order valence-corrected chi connectivity index (χ1v) is 7.38. The Morgan fingerprint density at radius 2 is 1.80 bits per heavy atom. The molecule has 108 valence electrons. The van der Waals surface area contributed by atoms with Crippen LogP contribution in [-0.4, -0.2) is 31.9 Å². The number of phenolic OH excluding ortho intramolecular Hbond substituents is 1. The molecule has 0 saturated heterocycles. The molecule has 0 bridgehead atoms. The van der Waals surface area contributed by atoms with Crippen molar-refractivity contribution in [3.63, 3.8) is 0 Å². The molecule has 0 radical (unpaired) electrons.